The highest BCUT2D eigenvalue weighted by Crippen LogP contribution is 2.13. The Labute approximate surface area is 96.3 Å². The topological polar surface area (TPSA) is 82.8 Å². The van der Waals surface area contributed by atoms with E-state index in [0.29, 0.717) is 10.3 Å². The third-order valence-electron chi connectivity index (χ3n) is 1.63. The smallest absolute Gasteiger partial charge is 0.248 e. The minimum Gasteiger partial charge on any atom is -0.281 e. The van der Waals surface area contributed by atoms with E-state index in [4.69, 9.17) is 5.26 Å². The van der Waals surface area contributed by atoms with Crippen LogP contribution < -0.4 is 4.72 Å². The Bertz CT molecular complexity index is 478. The van der Waals surface area contributed by atoms with Gasteiger partial charge in [0.15, 0.2) is 5.25 Å². The molecule has 5 nitrogen and oxygen atoms in total. The quantitative estimate of drug-likeness (QED) is 0.855. The standard InChI is InChI=1S/C8H8BrN3O2S/c1-6(4-10)15(13,14)12-7-2-3-8(9)11-5-7/h2-3,5-6,12H,1H3. The lowest BCUT2D eigenvalue weighted by molar-refractivity contribution is 0.597. The minimum absolute atomic E-state index is 0.334. The van der Waals surface area contributed by atoms with Crippen molar-refractivity contribution in [3.8, 4) is 6.07 Å². The second kappa shape index (κ2) is 4.59. The summed E-state index contributed by atoms with van der Waals surface area (Å²) in [6.45, 7) is 1.31. The minimum atomic E-state index is -3.64. The molecule has 1 atom stereocenters. The van der Waals surface area contributed by atoms with E-state index in [-0.39, 0.29) is 0 Å². The van der Waals surface area contributed by atoms with Crippen LogP contribution in [0.15, 0.2) is 22.9 Å². The van der Waals surface area contributed by atoms with Crippen LogP contribution in [0.4, 0.5) is 5.69 Å². The van der Waals surface area contributed by atoms with E-state index in [1.807, 2.05) is 0 Å². The first-order chi connectivity index (χ1) is 6.95. The molecule has 1 N–H and O–H groups in total. The lowest BCUT2D eigenvalue weighted by atomic mass is 10.4. The van der Waals surface area contributed by atoms with E-state index in [0.717, 1.165) is 0 Å². The van der Waals surface area contributed by atoms with Crippen molar-refractivity contribution >= 4 is 31.6 Å². The van der Waals surface area contributed by atoms with Gasteiger partial charge in [-0.1, -0.05) is 0 Å². The number of nitrogens with zero attached hydrogens (tertiary/aromatic N) is 2. The van der Waals surface area contributed by atoms with Gasteiger partial charge in [0.1, 0.15) is 4.60 Å². The molecule has 0 aliphatic rings. The van der Waals surface area contributed by atoms with Crippen molar-refractivity contribution in [2.24, 2.45) is 0 Å². The van der Waals surface area contributed by atoms with E-state index < -0.39 is 15.3 Å². The van der Waals surface area contributed by atoms with Gasteiger partial charge in [-0.25, -0.2) is 13.4 Å². The van der Waals surface area contributed by atoms with Crippen molar-refractivity contribution in [2.75, 3.05) is 4.72 Å². The molecule has 0 aromatic carbocycles. The van der Waals surface area contributed by atoms with Gasteiger partial charge in [0, 0.05) is 0 Å². The maximum absolute atomic E-state index is 11.4. The highest BCUT2D eigenvalue weighted by Gasteiger charge is 2.19. The summed E-state index contributed by atoms with van der Waals surface area (Å²) in [4.78, 5) is 3.86. The number of nitriles is 1. The SMILES string of the molecule is CC(C#N)S(=O)(=O)Nc1ccc(Br)nc1. The molecule has 0 amide bonds. The molecule has 0 aliphatic carbocycles. The summed E-state index contributed by atoms with van der Waals surface area (Å²) in [6.07, 6.45) is 1.37. The molecule has 1 aromatic rings. The van der Waals surface area contributed by atoms with Crippen molar-refractivity contribution in [1.82, 2.24) is 4.98 Å². The van der Waals surface area contributed by atoms with Gasteiger partial charge < -0.3 is 0 Å². The zero-order valence-corrected chi connectivity index (χ0v) is 10.2. The molecule has 0 spiro atoms. The van der Waals surface area contributed by atoms with Gasteiger partial charge in [-0.15, -0.1) is 0 Å². The Morgan fingerprint density at radius 1 is 1.60 bits per heavy atom. The van der Waals surface area contributed by atoms with Crippen molar-refractivity contribution in [1.29, 1.82) is 5.26 Å². The molecule has 1 heterocycles. The summed E-state index contributed by atoms with van der Waals surface area (Å²) in [5.74, 6) is 0. The molecule has 1 rings (SSSR count). The monoisotopic (exact) mass is 289 g/mol. The van der Waals surface area contributed by atoms with E-state index in [1.54, 1.807) is 18.2 Å². The maximum Gasteiger partial charge on any atom is 0.248 e. The van der Waals surface area contributed by atoms with Crippen molar-refractivity contribution in [2.45, 2.75) is 12.2 Å². The van der Waals surface area contributed by atoms with Crippen LogP contribution in [0.2, 0.25) is 0 Å². The van der Waals surface area contributed by atoms with Crippen LogP contribution in [0.1, 0.15) is 6.92 Å². The molecule has 0 fully saturated rings. The molecular formula is C8H8BrN3O2S. The van der Waals surface area contributed by atoms with Gasteiger partial charge in [-0.2, -0.15) is 5.26 Å². The van der Waals surface area contributed by atoms with Gasteiger partial charge in [-0.05, 0) is 35.0 Å². The molecule has 7 heteroatoms. The number of hydrogen-bond donors (Lipinski definition) is 1. The van der Waals surface area contributed by atoms with Crippen LogP contribution in [0.3, 0.4) is 0 Å². The van der Waals surface area contributed by atoms with E-state index >= 15 is 0 Å². The average Bonchev–Trinajstić information content (AvgIpc) is 2.20. The third-order valence-corrected chi connectivity index (χ3v) is 3.66. The third kappa shape index (κ3) is 3.18. The summed E-state index contributed by atoms with van der Waals surface area (Å²) in [5, 5.41) is 7.40. The zero-order chi connectivity index (χ0) is 11.5. The molecular weight excluding hydrogens is 282 g/mol. The molecule has 1 aromatic heterocycles. The fourth-order valence-corrected chi connectivity index (χ4v) is 1.76. The molecule has 15 heavy (non-hydrogen) atoms. The molecule has 0 bridgehead atoms. The number of sulfonamides is 1. The van der Waals surface area contributed by atoms with Gasteiger partial charge in [0.25, 0.3) is 0 Å². The van der Waals surface area contributed by atoms with Gasteiger partial charge in [0.05, 0.1) is 18.0 Å². The number of aromatic nitrogens is 1. The Morgan fingerprint density at radius 3 is 2.73 bits per heavy atom. The first kappa shape index (κ1) is 11.9. The van der Waals surface area contributed by atoms with Crippen LogP contribution in [-0.2, 0) is 10.0 Å². The number of anilines is 1. The van der Waals surface area contributed by atoms with Gasteiger partial charge >= 0.3 is 0 Å². The molecule has 0 saturated heterocycles. The van der Waals surface area contributed by atoms with Crippen LogP contribution >= 0.6 is 15.9 Å². The fourth-order valence-electron chi connectivity index (χ4n) is 0.758. The Morgan fingerprint density at radius 2 is 2.27 bits per heavy atom. The lowest BCUT2D eigenvalue weighted by Gasteiger charge is -2.08. The number of nitrogens with one attached hydrogen (secondary N) is 1. The second-order valence-electron chi connectivity index (χ2n) is 2.79. The molecule has 80 valence electrons. The van der Waals surface area contributed by atoms with E-state index in [9.17, 15) is 8.42 Å². The van der Waals surface area contributed by atoms with Crippen LogP contribution in [-0.4, -0.2) is 18.7 Å². The summed E-state index contributed by atoms with van der Waals surface area (Å²) >= 11 is 3.13. The predicted molar refractivity (Wildman–Crippen MR) is 59.6 cm³/mol. The van der Waals surface area contributed by atoms with Gasteiger partial charge in [-0.3, -0.25) is 4.72 Å². The molecule has 1 unspecified atom stereocenters. The number of halogens is 1. The summed E-state index contributed by atoms with van der Waals surface area (Å²) < 4.78 is 25.8. The largest absolute Gasteiger partial charge is 0.281 e. The molecule has 0 aliphatic heterocycles. The highest BCUT2D eigenvalue weighted by atomic mass is 79.9. The van der Waals surface area contributed by atoms with Crippen LogP contribution in [0, 0.1) is 11.3 Å². The summed E-state index contributed by atoms with van der Waals surface area (Å²) in [6, 6.07) is 4.82. The predicted octanol–water partition coefficient (Wildman–Crippen LogP) is 1.50. The lowest BCUT2D eigenvalue weighted by Crippen LogP contribution is -2.23. The fraction of sp³-hybridized carbons (Fsp3) is 0.250. The van der Waals surface area contributed by atoms with Crippen LogP contribution in [0.25, 0.3) is 0 Å². The van der Waals surface area contributed by atoms with Crippen LogP contribution in [0.5, 0.6) is 0 Å². The first-order valence-electron chi connectivity index (χ1n) is 3.98. The number of hydrogen-bond acceptors (Lipinski definition) is 4. The Kier molecular flexibility index (Phi) is 3.66. The summed E-state index contributed by atoms with van der Waals surface area (Å²) in [5.41, 5.74) is 0.334. The van der Waals surface area contributed by atoms with Crippen molar-refractivity contribution in [3.63, 3.8) is 0 Å². The average molecular weight is 290 g/mol. The number of pyridine rings is 1. The highest BCUT2D eigenvalue weighted by molar-refractivity contribution is 9.10. The maximum atomic E-state index is 11.4. The number of rotatable bonds is 3. The van der Waals surface area contributed by atoms with E-state index in [2.05, 4.69) is 25.6 Å². The Balaban J connectivity index is 2.88. The van der Waals surface area contributed by atoms with Crippen molar-refractivity contribution < 1.29 is 8.42 Å². The zero-order valence-electron chi connectivity index (χ0n) is 7.81. The molecule has 0 saturated carbocycles. The second-order valence-corrected chi connectivity index (χ2v) is 5.60. The first-order valence-corrected chi connectivity index (χ1v) is 6.32. The normalized spacial score (nSPS) is 12.9. The van der Waals surface area contributed by atoms with E-state index in [1.165, 1.54) is 13.1 Å². The van der Waals surface area contributed by atoms with Crippen molar-refractivity contribution in [3.05, 3.63) is 22.9 Å². The molecule has 0 radical (unpaired) electrons. The summed E-state index contributed by atoms with van der Waals surface area (Å²) in [7, 11) is -3.64. The Hall–Kier alpha value is -1.13. The van der Waals surface area contributed by atoms with Gasteiger partial charge in [0.2, 0.25) is 10.0 Å².